The van der Waals surface area contributed by atoms with E-state index < -0.39 is 0 Å². The van der Waals surface area contributed by atoms with Crippen molar-refractivity contribution in [2.45, 2.75) is 40.2 Å². The molecule has 0 saturated carbocycles. The van der Waals surface area contributed by atoms with E-state index in [-0.39, 0.29) is 0 Å². The zero-order valence-electron chi connectivity index (χ0n) is 10.4. The second-order valence-electron chi connectivity index (χ2n) is 4.18. The highest BCUT2D eigenvalue weighted by atomic mass is 32.1. The first-order chi connectivity index (χ1) is 8.04. The Kier molecular flexibility index (Phi) is 3.44. The number of thiazole rings is 1. The Hall–Kier alpha value is -1.01. The highest BCUT2D eigenvalue weighted by Gasteiger charge is 2.17. The summed E-state index contributed by atoms with van der Waals surface area (Å²) in [6.45, 7) is 8.34. The lowest BCUT2D eigenvalue weighted by atomic mass is 10.2. The van der Waals surface area contributed by atoms with Crippen LogP contribution in [0.1, 0.15) is 37.5 Å². The van der Waals surface area contributed by atoms with Crippen molar-refractivity contribution in [3.05, 3.63) is 15.5 Å². The first kappa shape index (κ1) is 12.4. The molecule has 2 heterocycles. The molecule has 4 nitrogen and oxygen atoms in total. The maximum Gasteiger partial charge on any atom is 0.195 e. The molecule has 0 aliphatic carbocycles. The number of hydrogen-bond acceptors (Lipinski definition) is 4. The third kappa shape index (κ3) is 2.19. The maximum absolute atomic E-state index is 5.26. The Morgan fingerprint density at radius 1 is 1.47 bits per heavy atom. The Labute approximate surface area is 110 Å². The minimum atomic E-state index is 0.295. The van der Waals surface area contributed by atoms with Crippen LogP contribution in [0.4, 0.5) is 0 Å². The van der Waals surface area contributed by atoms with Crippen molar-refractivity contribution in [2.24, 2.45) is 0 Å². The van der Waals surface area contributed by atoms with Gasteiger partial charge in [-0.15, -0.1) is 11.3 Å². The first-order valence-corrected chi connectivity index (χ1v) is 6.90. The summed E-state index contributed by atoms with van der Waals surface area (Å²) in [7, 11) is 0. The zero-order valence-corrected chi connectivity index (χ0v) is 12.1. The summed E-state index contributed by atoms with van der Waals surface area (Å²) in [5.74, 6) is 0.910. The van der Waals surface area contributed by atoms with Gasteiger partial charge in [0.2, 0.25) is 0 Å². The fourth-order valence-corrected chi connectivity index (χ4v) is 3.17. The summed E-state index contributed by atoms with van der Waals surface area (Å²) in [5, 5.41) is 8.29. The van der Waals surface area contributed by atoms with Crippen LogP contribution in [0.3, 0.4) is 0 Å². The van der Waals surface area contributed by atoms with Crippen molar-refractivity contribution in [2.75, 3.05) is 0 Å². The monoisotopic (exact) mass is 268 g/mol. The normalized spacial score (nSPS) is 11.4. The van der Waals surface area contributed by atoms with Gasteiger partial charge in [-0.1, -0.05) is 6.92 Å². The SMILES string of the molecule is CCc1nc(C)sc1-c1n[nH]c(=S)n1C(C)C. The standard InChI is InChI=1S/C11H16N4S2/c1-5-8-9(17-7(4)12-8)10-13-14-11(16)15(10)6(2)3/h6H,5H2,1-4H3,(H,14,16). The predicted molar refractivity (Wildman–Crippen MR) is 73.0 cm³/mol. The highest BCUT2D eigenvalue weighted by Crippen LogP contribution is 2.30. The Morgan fingerprint density at radius 3 is 2.76 bits per heavy atom. The van der Waals surface area contributed by atoms with E-state index in [2.05, 4.69) is 36.0 Å². The van der Waals surface area contributed by atoms with Crippen molar-refractivity contribution in [3.63, 3.8) is 0 Å². The third-order valence-corrected chi connectivity index (χ3v) is 3.86. The number of nitrogens with zero attached hydrogens (tertiary/aromatic N) is 3. The van der Waals surface area contributed by atoms with E-state index in [4.69, 9.17) is 12.2 Å². The van der Waals surface area contributed by atoms with E-state index in [1.54, 1.807) is 11.3 Å². The van der Waals surface area contributed by atoms with E-state index in [1.807, 2.05) is 11.5 Å². The van der Waals surface area contributed by atoms with E-state index in [0.29, 0.717) is 10.8 Å². The molecule has 0 atom stereocenters. The summed E-state index contributed by atoms with van der Waals surface area (Å²) < 4.78 is 2.71. The van der Waals surface area contributed by atoms with Gasteiger partial charge in [-0.25, -0.2) is 4.98 Å². The van der Waals surface area contributed by atoms with Crippen LogP contribution in [0.25, 0.3) is 10.7 Å². The van der Waals surface area contributed by atoms with E-state index >= 15 is 0 Å². The largest absolute Gasteiger partial charge is 0.297 e. The van der Waals surface area contributed by atoms with Crippen LogP contribution in [0, 0.1) is 11.7 Å². The minimum Gasteiger partial charge on any atom is -0.297 e. The molecule has 0 fully saturated rings. The smallest absolute Gasteiger partial charge is 0.195 e. The third-order valence-electron chi connectivity index (χ3n) is 2.56. The average Bonchev–Trinajstić information content (AvgIpc) is 2.80. The molecule has 0 amide bonds. The minimum absolute atomic E-state index is 0.295. The van der Waals surface area contributed by atoms with Crippen LogP contribution >= 0.6 is 23.6 Å². The number of H-pyrrole nitrogens is 1. The van der Waals surface area contributed by atoms with Crippen LogP contribution in [-0.2, 0) is 6.42 Å². The second-order valence-corrected chi connectivity index (χ2v) is 5.77. The Balaban J connectivity index is 2.64. The van der Waals surface area contributed by atoms with Gasteiger partial charge in [0.05, 0.1) is 15.6 Å². The van der Waals surface area contributed by atoms with Gasteiger partial charge in [0.25, 0.3) is 0 Å². The van der Waals surface area contributed by atoms with Crippen LogP contribution in [-0.4, -0.2) is 19.7 Å². The van der Waals surface area contributed by atoms with Crippen LogP contribution in [0.2, 0.25) is 0 Å². The molecule has 0 spiro atoms. The van der Waals surface area contributed by atoms with Gasteiger partial charge in [0.1, 0.15) is 0 Å². The number of aryl methyl sites for hydroxylation is 2. The van der Waals surface area contributed by atoms with E-state index in [0.717, 1.165) is 27.8 Å². The van der Waals surface area contributed by atoms with Crippen molar-refractivity contribution < 1.29 is 0 Å². The maximum atomic E-state index is 5.26. The van der Waals surface area contributed by atoms with Gasteiger partial charge in [-0.2, -0.15) is 5.10 Å². The summed E-state index contributed by atoms with van der Waals surface area (Å²) in [4.78, 5) is 5.66. The number of nitrogens with one attached hydrogen (secondary N) is 1. The zero-order chi connectivity index (χ0) is 12.6. The molecule has 2 aromatic rings. The molecule has 0 aromatic carbocycles. The summed E-state index contributed by atoms with van der Waals surface area (Å²) in [6.07, 6.45) is 0.914. The van der Waals surface area contributed by atoms with Gasteiger partial charge >= 0.3 is 0 Å². The molecule has 17 heavy (non-hydrogen) atoms. The summed E-state index contributed by atoms with van der Waals surface area (Å²) in [6, 6.07) is 0.295. The van der Waals surface area contributed by atoms with Crippen LogP contribution in [0.5, 0.6) is 0 Å². The van der Waals surface area contributed by atoms with E-state index in [9.17, 15) is 0 Å². The molecule has 6 heteroatoms. The van der Waals surface area contributed by atoms with Gasteiger partial charge in [0.15, 0.2) is 10.6 Å². The highest BCUT2D eigenvalue weighted by molar-refractivity contribution is 7.71. The fraction of sp³-hybridized carbons (Fsp3) is 0.545. The van der Waals surface area contributed by atoms with Gasteiger partial charge in [-0.3, -0.25) is 9.67 Å². The molecule has 0 aliphatic rings. The lowest BCUT2D eigenvalue weighted by molar-refractivity contribution is 0.597. The first-order valence-electron chi connectivity index (χ1n) is 5.68. The number of hydrogen-bond donors (Lipinski definition) is 1. The number of aromatic nitrogens is 4. The lowest BCUT2D eigenvalue weighted by Crippen LogP contribution is -2.03. The van der Waals surface area contributed by atoms with Crippen LogP contribution < -0.4 is 0 Å². The molecular weight excluding hydrogens is 252 g/mol. The predicted octanol–water partition coefficient (Wildman–Crippen LogP) is 3.52. The van der Waals surface area contributed by atoms with Crippen molar-refractivity contribution in [1.82, 2.24) is 19.7 Å². The Bertz CT molecular complexity index is 577. The van der Waals surface area contributed by atoms with Gasteiger partial charge < -0.3 is 0 Å². The van der Waals surface area contributed by atoms with Crippen LogP contribution in [0.15, 0.2) is 0 Å². The molecule has 2 aromatic heterocycles. The van der Waals surface area contributed by atoms with Gasteiger partial charge in [0, 0.05) is 6.04 Å². The molecule has 92 valence electrons. The molecule has 0 radical (unpaired) electrons. The molecule has 1 N–H and O–H groups in total. The fourth-order valence-electron chi connectivity index (χ4n) is 1.83. The van der Waals surface area contributed by atoms with Crippen molar-refractivity contribution in [3.8, 4) is 10.7 Å². The topological polar surface area (TPSA) is 46.5 Å². The lowest BCUT2D eigenvalue weighted by Gasteiger charge is -2.09. The summed E-state index contributed by atoms with van der Waals surface area (Å²) in [5.41, 5.74) is 1.10. The molecule has 0 bridgehead atoms. The average molecular weight is 268 g/mol. The molecule has 0 unspecified atom stereocenters. The molecular formula is C11H16N4S2. The molecule has 0 saturated heterocycles. The molecule has 2 rings (SSSR count). The quantitative estimate of drug-likeness (QED) is 0.866. The van der Waals surface area contributed by atoms with Gasteiger partial charge in [-0.05, 0) is 39.4 Å². The second kappa shape index (κ2) is 4.70. The Morgan fingerprint density at radius 2 is 2.18 bits per heavy atom. The van der Waals surface area contributed by atoms with E-state index in [1.165, 1.54) is 0 Å². The summed E-state index contributed by atoms with van der Waals surface area (Å²) >= 11 is 6.94. The van der Waals surface area contributed by atoms with Crippen molar-refractivity contribution in [1.29, 1.82) is 0 Å². The number of rotatable bonds is 3. The molecule has 0 aliphatic heterocycles. The number of aromatic amines is 1. The van der Waals surface area contributed by atoms with Crippen molar-refractivity contribution >= 4 is 23.6 Å².